The summed E-state index contributed by atoms with van der Waals surface area (Å²) in [6.45, 7) is 0. The molecule has 2 aromatic rings. The third-order valence-corrected chi connectivity index (χ3v) is 2.17. The fourth-order valence-electron chi connectivity index (χ4n) is 0.776. The molecule has 0 aromatic carbocycles. The van der Waals surface area contributed by atoms with Crippen LogP contribution in [0.5, 0.6) is 0 Å². The van der Waals surface area contributed by atoms with Crippen molar-refractivity contribution in [3.63, 3.8) is 0 Å². The Balaban J connectivity index is 2.18. The number of azo groups is 1. The topological polar surface area (TPSA) is 118 Å². The van der Waals surface area contributed by atoms with Gasteiger partial charge < -0.3 is 16.5 Å². The van der Waals surface area contributed by atoms with E-state index in [1.165, 1.54) is 11.3 Å². The van der Waals surface area contributed by atoms with E-state index in [-0.39, 0.29) is 5.82 Å². The second kappa shape index (κ2) is 3.42. The van der Waals surface area contributed by atoms with E-state index in [9.17, 15) is 0 Å². The van der Waals surface area contributed by atoms with Gasteiger partial charge in [-0.1, -0.05) is 11.3 Å². The van der Waals surface area contributed by atoms with Gasteiger partial charge in [-0.25, -0.2) is 4.98 Å². The van der Waals surface area contributed by atoms with Crippen LogP contribution in [0.15, 0.2) is 22.6 Å². The smallest absolute Gasteiger partial charge is 0.246 e. The molecule has 2 aromatic heterocycles. The van der Waals surface area contributed by atoms with Gasteiger partial charge in [0.1, 0.15) is 5.00 Å². The molecule has 2 rings (SSSR count). The van der Waals surface area contributed by atoms with Gasteiger partial charge in [-0.05, 0) is 0 Å². The van der Waals surface area contributed by atoms with Crippen LogP contribution in [0.1, 0.15) is 0 Å². The Kier molecular flexibility index (Phi) is 2.11. The first-order valence-electron chi connectivity index (χ1n) is 3.68. The summed E-state index contributed by atoms with van der Waals surface area (Å²) in [5.74, 6) is 0.695. The molecular formula is C6H7N7S. The van der Waals surface area contributed by atoms with Crippen molar-refractivity contribution in [2.45, 2.75) is 0 Å². The molecule has 0 atom stereocenters. The molecule has 0 saturated carbocycles. The normalized spacial score (nSPS) is 11.1. The van der Waals surface area contributed by atoms with E-state index < -0.39 is 0 Å². The van der Waals surface area contributed by atoms with Crippen molar-refractivity contribution in [2.24, 2.45) is 10.2 Å². The van der Waals surface area contributed by atoms with Gasteiger partial charge in [0, 0.05) is 12.4 Å². The number of nitrogen functional groups attached to an aromatic ring is 2. The zero-order chi connectivity index (χ0) is 9.97. The molecule has 8 heteroatoms. The minimum atomic E-state index is 0.281. The largest absolute Gasteiger partial charge is 0.387 e. The molecule has 0 bridgehead atoms. The number of nitrogens with one attached hydrogen (secondary N) is 1. The lowest BCUT2D eigenvalue weighted by Gasteiger charge is -1.80. The summed E-state index contributed by atoms with van der Waals surface area (Å²) in [5, 5.41) is 8.45. The molecule has 14 heavy (non-hydrogen) atoms. The van der Waals surface area contributed by atoms with Crippen LogP contribution in [0, 0.1) is 0 Å². The highest BCUT2D eigenvalue weighted by Crippen LogP contribution is 2.29. The molecule has 72 valence electrons. The molecule has 7 nitrogen and oxygen atoms in total. The van der Waals surface area contributed by atoms with Crippen LogP contribution >= 0.6 is 11.3 Å². The average Bonchev–Trinajstić information content (AvgIpc) is 2.74. The Labute approximate surface area is 82.9 Å². The molecule has 0 spiro atoms. The molecule has 0 amide bonds. The van der Waals surface area contributed by atoms with Crippen molar-refractivity contribution >= 4 is 33.2 Å². The van der Waals surface area contributed by atoms with E-state index in [1.807, 2.05) is 0 Å². The summed E-state index contributed by atoms with van der Waals surface area (Å²) < 4.78 is 0. The predicted molar refractivity (Wildman–Crippen MR) is 53.7 cm³/mol. The van der Waals surface area contributed by atoms with E-state index in [2.05, 4.69) is 25.2 Å². The number of aromatic nitrogens is 3. The monoisotopic (exact) mass is 209 g/mol. The van der Waals surface area contributed by atoms with Crippen LogP contribution in [-0.2, 0) is 0 Å². The molecule has 0 aliphatic carbocycles. The van der Waals surface area contributed by atoms with Gasteiger partial charge in [-0.2, -0.15) is 4.98 Å². The number of hydrogen-bond donors (Lipinski definition) is 3. The number of imidazole rings is 1. The van der Waals surface area contributed by atoms with Crippen molar-refractivity contribution in [2.75, 3.05) is 11.5 Å². The number of rotatable bonds is 2. The van der Waals surface area contributed by atoms with Crippen LogP contribution < -0.4 is 11.5 Å². The summed E-state index contributed by atoms with van der Waals surface area (Å²) in [4.78, 5) is 10.5. The minimum absolute atomic E-state index is 0.281. The number of nitrogens with zero attached hydrogens (tertiary/aromatic N) is 4. The van der Waals surface area contributed by atoms with E-state index in [1.54, 1.807) is 12.4 Å². The Hall–Kier alpha value is -1.96. The average molecular weight is 209 g/mol. The van der Waals surface area contributed by atoms with Gasteiger partial charge >= 0.3 is 0 Å². The van der Waals surface area contributed by atoms with E-state index in [4.69, 9.17) is 11.5 Å². The first-order chi connectivity index (χ1) is 6.75. The van der Waals surface area contributed by atoms with Gasteiger partial charge in [0.25, 0.3) is 0 Å². The van der Waals surface area contributed by atoms with Crippen molar-refractivity contribution in [1.29, 1.82) is 0 Å². The highest BCUT2D eigenvalue weighted by molar-refractivity contribution is 7.19. The Bertz CT molecular complexity index is 423. The van der Waals surface area contributed by atoms with E-state index in [0.717, 1.165) is 0 Å². The summed E-state index contributed by atoms with van der Waals surface area (Å²) in [6.07, 6.45) is 3.23. The summed E-state index contributed by atoms with van der Waals surface area (Å²) in [7, 11) is 0. The highest BCUT2D eigenvalue weighted by atomic mass is 32.1. The van der Waals surface area contributed by atoms with Crippen LogP contribution in [0.3, 0.4) is 0 Å². The molecule has 0 fully saturated rings. The third kappa shape index (κ3) is 1.69. The number of thiazole rings is 1. The summed E-state index contributed by atoms with van der Waals surface area (Å²) in [5.41, 5.74) is 10.9. The molecule has 5 N–H and O–H groups in total. The van der Waals surface area contributed by atoms with Gasteiger partial charge in [0.15, 0.2) is 5.82 Å². The molecular weight excluding hydrogens is 202 g/mol. The zero-order valence-electron chi connectivity index (χ0n) is 7.01. The predicted octanol–water partition coefficient (Wildman–Crippen LogP) is 1.45. The molecule has 0 unspecified atom stereocenters. The Morgan fingerprint density at radius 2 is 2.21 bits per heavy atom. The van der Waals surface area contributed by atoms with Crippen LogP contribution in [-0.4, -0.2) is 15.0 Å². The maximum atomic E-state index is 5.50. The number of aromatic amines is 1. The number of anilines is 2. The van der Waals surface area contributed by atoms with Crippen molar-refractivity contribution in [3.8, 4) is 0 Å². The zero-order valence-corrected chi connectivity index (χ0v) is 7.82. The van der Waals surface area contributed by atoms with Crippen molar-refractivity contribution < 1.29 is 0 Å². The second-order valence-electron chi connectivity index (χ2n) is 2.36. The summed E-state index contributed by atoms with van der Waals surface area (Å²) in [6, 6.07) is 0. The fraction of sp³-hybridized carbons (Fsp3) is 0. The minimum Gasteiger partial charge on any atom is -0.387 e. The van der Waals surface area contributed by atoms with E-state index in [0.29, 0.717) is 16.1 Å². The Morgan fingerprint density at radius 3 is 2.79 bits per heavy atom. The van der Waals surface area contributed by atoms with Crippen molar-refractivity contribution in [3.05, 3.63) is 12.4 Å². The van der Waals surface area contributed by atoms with Gasteiger partial charge in [0.2, 0.25) is 11.1 Å². The first-order valence-corrected chi connectivity index (χ1v) is 4.50. The standard InChI is InChI=1S/C6H7N7S/c7-3-4(8)14-6(11-3)13-12-5-9-1-2-10-5/h1-2H,7-8H2,(H,9,10)/b13-12+. The highest BCUT2D eigenvalue weighted by Gasteiger charge is 2.03. The number of hydrogen-bond acceptors (Lipinski definition) is 7. The lowest BCUT2D eigenvalue weighted by molar-refractivity contribution is 1.11. The van der Waals surface area contributed by atoms with Gasteiger partial charge in [-0.3, -0.25) is 0 Å². The molecule has 2 heterocycles. The SMILES string of the molecule is Nc1nc(/N=N/c2ncc[nH]2)sc1N. The van der Waals surface area contributed by atoms with Gasteiger partial charge in [-0.15, -0.1) is 10.2 Å². The first kappa shape index (κ1) is 8.63. The lowest BCUT2D eigenvalue weighted by atomic mass is 10.7. The number of nitrogens with two attached hydrogens (primary N) is 2. The van der Waals surface area contributed by atoms with Crippen LogP contribution in [0.2, 0.25) is 0 Å². The van der Waals surface area contributed by atoms with Crippen LogP contribution in [0.4, 0.5) is 21.9 Å². The lowest BCUT2D eigenvalue weighted by Crippen LogP contribution is -1.89. The fourth-order valence-corrected chi connectivity index (χ4v) is 1.35. The molecule has 0 aliphatic rings. The number of H-pyrrole nitrogens is 1. The van der Waals surface area contributed by atoms with Gasteiger partial charge in [0.05, 0.1) is 0 Å². The van der Waals surface area contributed by atoms with Crippen LogP contribution in [0.25, 0.3) is 0 Å². The van der Waals surface area contributed by atoms with Crippen molar-refractivity contribution in [1.82, 2.24) is 15.0 Å². The molecule has 0 aliphatic heterocycles. The second-order valence-corrected chi connectivity index (χ2v) is 3.37. The summed E-state index contributed by atoms with van der Waals surface area (Å²) >= 11 is 1.18. The quantitative estimate of drug-likeness (QED) is 0.648. The molecule has 0 saturated heterocycles. The maximum Gasteiger partial charge on any atom is 0.246 e. The van der Waals surface area contributed by atoms with E-state index >= 15 is 0 Å². The maximum absolute atomic E-state index is 5.50. The molecule has 0 radical (unpaired) electrons. The third-order valence-electron chi connectivity index (χ3n) is 1.38. The Morgan fingerprint density at radius 1 is 1.36 bits per heavy atom.